The van der Waals surface area contributed by atoms with Crippen LogP contribution in [0.15, 0.2) is 47.0 Å². The van der Waals surface area contributed by atoms with Crippen molar-refractivity contribution < 1.29 is 18.7 Å². The SMILES string of the molecule is COc1ccc([C@@H]2CCCCCN2Cc2nc(-c3ccc(OC)cc3OC)no2)cc1. The fraction of sp³-hybridized carbons (Fsp3) is 0.417. The van der Waals surface area contributed by atoms with Crippen LogP contribution in [0.5, 0.6) is 17.2 Å². The molecule has 0 saturated carbocycles. The summed E-state index contributed by atoms with van der Waals surface area (Å²) in [6.45, 7) is 1.61. The number of nitrogens with zero attached hydrogens (tertiary/aromatic N) is 3. The van der Waals surface area contributed by atoms with Gasteiger partial charge in [-0.05, 0) is 49.2 Å². The van der Waals surface area contributed by atoms with E-state index in [9.17, 15) is 0 Å². The first-order chi connectivity index (χ1) is 15.2. The number of hydrogen-bond acceptors (Lipinski definition) is 7. The van der Waals surface area contributed by atoms with Gasteiger partial charge in [0.15, 0.2) is 0 Å². The fourth-order valence-electron chi connectivity index (χ4n) is 4.15. The van der Waals surface area contributed by atoms with Crippen molar-refractivity contribution in [1.29, 1.82) is 0 Å². The Morgan fingerprint density at radius 1 is 0.935 bits per heavy atom. The molecule has 0 unspecified atom stereocenters. The van der Waals surface area contributed by atoms with Crippen LogP contribution in [-0.4, -0.2) is 42.9 Å². The highest BCUT2D eigenvalue weighted by Crippen LogP contribution is 2.34. The Morgan fingerprint density at radius 3 is 2.45 bits per heavy atom. The molecule has 1 aliphatic rings. The van der Waals surface area contributed by atoms with Crippen molar-refractivity contribution >= 4 is 0 Å². The third kappa shape index (κ3) is 4.82. The molecule has 7 nitrogen and oxygen atoms in total. The zero-order valence-corrected chi connectivity index (χ0v) is 18.3. The molecule has 164 valence electrons. The molecule has 1 atom stereocenters. The molecule has 0 amide bonds. The normalized spacial score (nSPS) is 17.2. The molecular formula is C24H29N3O4. The maximum absolute atomic E-state index is 5.63. The summed E-state index contributed by atoms with van der Waals surface area (Å²) in [5, 5.41) is 4.21. The molecule has 31 heavy (non-hydrogen) atoms. The lowest BCUT2D eigenvalue weighted by atomic mass is 10.0. The standard InChI is InChI=1S/C24H29N3O4/c1-28-18-10-8-17(9-11-18)21-7-5-4-6-14-27(21)16-23-25-24(26-31-23)20-13-12-19(29-2)15-22(20)30-3/h8-13,15,21H,4-7,14,16H2,1-3H3/t21-/m0/s1. The number of rotatable bonds is 7. The van der Waals surface area contributed by atoms with Crippen molar-refractivity contribution in [3.63, 3.8) is 0 Å². The van der Waals surface area contributed by atoms with Crippen LogP contribution >= 0.6 is 0 Å². The zero-order valence-electron chi connectivity index (χ0n) is 18.3. The van der Waals surface area contributed by atoms with Crippen molar-refractivity contribution in [3.8, 4) is 28.6 Å². The number of ether oxygens (including phenoxy) is 3. The van der Waals surface area contributed by atoms with Crippen LogP contribution in [0.3, 0.4) is 0 Å². The molecule has 1 saturated heterocycles. The second-order valence-electron chi connectivity index (χ2n) is 7.69. The maximum Gasteiger partial charge on any atom is 0.241 e. The first-order valence-electron chi connectivity index (χ1n) is 10.6. The lowest BCUT2D eigenvalue weighted by Gasteiger charge is -2.29. The van der Waals surface area contributed by atoms with E-state index in [1.165, 1.54) is 24.8 Å². The molecule has 3 aromatic rings. The summed E-state index contributed by atoms with van der Waals surface area (Å²) in [6.07, 6.45) is 4.73. The molecule has 2 heterocycles. The Hall–Kier alpha value is -3.06. The van der Waals surface area contributed by atoms with Crippen LogP contribution in [0.2, 0.25) is 0 Å². The molecule has 1 aromatic heterocycles. The lowest BCUT2D eigenvalue weighted by Crippen LogP contribution is -2.28. The Balaban J connectivity index is 1.55. The van der Waals surface area contributed by atoms with E-state index in [2.05, 4.69) is 27.2 Å². The highest BCUT2D eigenvalue weighted by atomic mass is 16.5. The Bertz CT molecular complexity index is 987. The summed E-state index contributed by atoms with van der Waals surface area (Å²) in [5.74, 6) is 3.37. The van der Waals surface area contributed by atoms with Crippen LogP contribution in [0.1, 0.15) is 43.2 Å². The molecule has 0 spiro atoms. The highest BCUT2D eigenvalue weighted by Gasteiger charge is 2.25. The molecule has 2 aromatic carbocycles. The average molecular weight is 424 g/mol. The minimum Gasteiger partial charge on any atom is -0.497 e. The maximum atomic E-state index is 5.63. The fourth-order valence-corrected chi connectivity index (χ4v) is 4.15. The second-order valence-corrected chi connectivity index (χ2v) is 7.69. The van der Waals surface area contributed by atoms with E-state index in [-0.39, 0.29) is 0 Å². The van der Waals surface area contributed by atoms with E-state index in [1.807, 2.05) is 30.3 Å². The Labute approximate surface area is 182 Å². The first-order valence-corrected chi connectivity index (χ1v) is 10.6. The molecule has 0 aliphatic carbocycles. The van der Waals surface area contributed by atoms with Gasteiger partial charge in [-0.15, -0.1) is 0 Å². The van der Waals surface area contributed by atoms with Gasteiger partial charge in [-0.25, -0.2) is 0 Å². The van der Waals surface area contributed by atoms with Gasteiger partial charge >= 0.3 is 0 Å². The van der Waals surface area contributed by atoms with Gasteiger partial charge in [0.05, 0.1) is 33.4 Å². The molecule has 4 rings (SSSR count). The average Bonchev–Trinajstić information content (AvgIpc) is 3.16. The predicted molar refractivity (Wildman–Crippen MR) is 117 cm³/mol. The third-order valence-electron chi connectivity index (χ3n) is 5.82. The van der Waals surface area contributed by atoms with E-state index in [0.717, 1.165) is 30.0 Å². The molecule has 0 radical (unpaired) electrons. The van der Waals surface area contributed by atoms with Crippen molar-refractivity contribution in [2.24, 2.45) is 0 Å². The quantitative estimate of drug-likeness (QED) is 0.536. The third-order valence-corrected chi connectivity index (χ3v) is 5.82. The van der Waals surface area contributed by atoms with E-state index in [0.29, 0.717) is 30.1 Å². The smallest absolute Gasteiger partial charge is 0.241 e. The molecule has 0 bridgehead atoms. The monoisotopic (exact) mass is 423 g/mol. The number of methoxy groups -OCH3 is 3. The van der Waals surface area contributed by atoms with E-state index in [4.69, 9.17) is 18.7 Å². The molecule has 1 fully saturated rings. The summed E-state index contributed by atoms with van der Waals surface area (Å²) in [7, 11) is 4.94. The predicted octanol–water partition coefficient (Wildman–Crippen LogP) is 4.88. The van der Waals surface area contributed by atoms with Crippen LogP contribution in [0.4, 0.5) is 0 Å². The number of benzene rings is 2. The van der Waals surface area contributed by atoms with Crippen molar-refractivity contribution in [3.05, 3.63) is 53.9 Å². The van der Waals surface area contributed by atoms with Gasteiger partial charge in [-0.2, -0.15) is 4.98 Å². The Morgan fingerprint density at radius 2 is 1.71 bits per heavy atom. The first kappa shape index (κ1) is 21.2. The minimum absolute atomic E-state index is 0.319. The minimum atomic E-state index is 0.319. The summed E-state index contributed by atoms with van der Waals surface area (Å²) in [5.41, 5.74) is 2.07. The summed E-state index contributed by atoms with van der Waals surface area (Å²) in [4.78, 5) is 7.11. The van der Waals surface area contributed by atoms with E-state index in [1.54, 1.807) is 21.3 Å². The van der Waals surface area contributed by atoms with Gasteiger partial charge in [-0.1, -0.05) is 30.1 Å². The van der Waals surface area contributed by atoms with Crippen LogP contribution in [0.25, 0.3) is 11.4 Å². The molecule has 1 aliphatic heterocycles. The largest absolute Gasteiger partial charge is 0.497 e. The second kappa shape index (κ2) is 9.83. The van der Waals surface area contributed by atoms with E-state index < -0.39 is 0 Å². The van der Waals surface area contributed by atoms with Crippen molar-refractivity contribution in [2.45, 2.75) is 38.3 Å². The van der Waals surface area contributed by atoms with Gasteiger partial charge in [0.25, 0.3) is 0 Å². The summed E-state index contributed by atoms with van der Waals surface area (Å²) in [6, 6.07) is 14.3. The van der Waals surface area contributed by atoms with Crippen molar-refractivity contribution in [1.82, 2.24) is 15.0 Å². The molecule has 7 heteroatoms. The lowest BCUT2D eigenvalue weighted by molar-refractivity contribution is 0.168. The number of hydrogen-bond donors (Lipinski definition) is 0. The molecular weight excluding hydrogens is 394 g/mol. The zero-order chi connectivity index (χ0) is 21.6. The van der Waals surface area contributed by atoms with E-state index >= 15 is 0 Å². The van der Waals surface area contributed by atoms with Crippen molar-refractivity contribution in [2.75, 3.05) is 27.9 Å². The highest BCUT2D eigenvalue weighted by molar-refractivity contribution is 5.65. The van der Waals surface area contributed by atoms with Gasteiger partial charge in [0.1, 0.15) is 17.2 Å². The van der Waals surface area contributed by atoms with Gasteiger partial charge in [0.2, 0.25) is 11.7 Å². The number of likely N-dealkylation sites (tertiary alicyclic amines) is 1. The number of aromatic nitrogens is 2. The van der Waals surface area contributed by atoms with Gasteiger partial charge in [0, 0.05) is 12.1 Å². The Kier molecular flexibility index (Phi) is 6.72. The summed E-state index contributed by atoms with van der Waals surface area (Å²) < 4.78 is 21.7. The topological polar surface area (TPSA) is 69.9 Å². The van der Waals surface area contributed by atoms with Crippen LogP contribution < -0.4 is 14.2 Å². The summed E-state index contributed by atoms with van der Waals surface area (Å²) >= 11 is 0. The van der Waals surface area contributed by atoms with Crippen LogP contribution in [0, 0.1) is 0 Å². The molecule has 0 N–H and O–H groups in total. The van der Waals surface area contributed by atoms with Gasteiger partial charge < -0.3 is 18.7 Å². The van der Waals surface area contributed by atoms with Gasteiger partial charge in [-0.3, -0.25) is 4.90 Å². The van der Waals surface area contributed by atoms with Crippen LogP contribution in [-0.2, 0) is 6.54 Å².